The van der Waals surface area contributed by atoms with Crippen LogP contribution in [0.1, 0.15) is 36.9 Å². The van der Waals surface area contributed by atoms with Crippen LogP contribution in [0.25, 0.3) is 11.3 Å². The van der Waals surface area contributed by atoms with Gasteiger partial charge in [-0.25, -0.2) is 0 Å². The van der Waals surface area contributed by atoms with Gasteiger partial charge in [0.05, 0.1) is 11.4 Å². The molecule has 146 valence electrons. The number of piperidine rings is 1. The molecule has 4 rings (SSSR count). The molecule has 2 aromatic carbocycles. The first-order chi connectivity index (χ1) is 13.7. The highest BCUT2D eigenvalue weighted by molar-refractivity contribution is 6.30. The molecule has 0 aliphatic carbocycles. The molecule has 0 amide bonds. The van der Waals surface area contributed by atoms with E-state index in [9.17, 15) is 0 Å². The summed E-state index contributed by atoms with van der Waals surface area (Å²) in [5.74, 6) is 0.562. The maximum absolute atomic E-state index is 6.05. The Bertz CT molecular complexity index is 878. The molecule has 0 bridgehead atoms. The predicted molar refractivity (Wildman–Crippen MR) is 117 cm³/mol. The molecule has 0 unspecified atom stereocenters. The van der Waals surface area contributed by atoms with Gasteiger partial charge in [0, 0.05) is 24.0 Å². The molecule has 1 fully saturated rings. The van der Waals surface area contributed by atoms with Crippen molar-refractivity contribution in [1.29, 1.82) is 0 Å². The molecule has 0 radical (unpaired) electrons. The molecule has 2 heterocycles. The Labute approximate surface area is 172 Å². The molecule has 28 heavy (non-hydrogen) atoms. The molecule has 1 aliphatic heterocycles. The van der Waals surface area contributed by atoms with Crippen LogP contribution in [0.4, 0.5) is 0 Å². The molecule has 0 N–H and O–H groups in total. The lowest BCUT2D eigenvalue weighted by atomic mass is 9.93. The number of likely N-dealkylation sites (tertiary alicyclic amines) is 1. The summed E-state index contributed by atoms with van der Waals surface area (Å²) >= 11 is 6.05. The van der Waals surface area contributed by atoms with Crippen molar-refractivity contribution in [3.05, 3.63) is 76.9 Å². The quantitative estimate of drug-likeness (QED) is 0.539. The van der Waals surface area contributed by atoms with Crippen LogP contribution in [-0.2, 0) is 13.0 Å². The number of aryl methyl sites for hydroxylation is 1. The monoisotopic (exact) mass is 393 g/mol. The normalized spacial score (nSPS) is 15.8. The zero-order valence-corrected chi connectivity index (χ0v) is 17.3. The van der Waals surface area contributed by atoms with Gasteiger partial charge >= 0.3 is 0 Å². The summed E-state index contributed by atoms with van der Waals surface area (Å²) in [4.78, 5) is 2.60. The van der Waals surface area contributed by atoms with E-state index in [0.29, 0.717) is 5.92 Å². The van der Waals surface area contributed by atoms with Crippen LogP contribution in [-0.4, -0.2) is 34.3 Å². The fraction of sp³-hybridized carbons (Fsp3) is 0.375. The minimum Gasteiger partial charge on any atom is -0.303 e. The van der Waals surface area contributed by atoms with E-state index in [0.717, 1.165) is 37.6 Å². The molecular formula is C24H28ClN3. The largest absolute Gasteiger partial charge is 0.303 e. The number of halogens is 1. The average molecular weight is 394 g/mol. The summed E-state index contributed by atoms with van der Waals surface area (Å²) in [6.07, 6.45) is 3.52. The van der Waals surface area contributed by atoms with Crippen molar-refractivity contribution < 1.29 is 0 Å². The van der Waals surface area contributed by atoms with Gasteiger partial charge in [-0.3, -0.25) is 4.68 Å². The third kappa shape index (κ3) is 4.48. The third-order valence-electron chi connectivity index (χ3n) is 5.80. The Morgan fingerprint density at radius 3 is 2.39 bits per heavy atom. The highest BCUT2D eigenvalue weighted by atomic mass is 35.5. The summed E-state index contributed by atoms with van der Waals surface area (Å²) in [5.41, 5.74) is 5.05. The predicted octanol–water partition coefficient (Wildman–Crippen LogP) is 5.65. The number of hydrogen-bond donors (Lipinski definition) is 0. The van der Waals surface area contributed by atoms with E-state index in [-0.39, 0.29) is 0 Å². The SMILES string of the molecule is CCn1nc(C2CCN(CCc3ccccc3)CC2)cc1-c1ccc(Cl)cc1. The van der Waals surface area contributed by atoms with E-state index in [4.69, 9.17) is 16.7 Å². The second-order valence-corrected chi connectivity index (χ2v) is 8.07. The maximum Gasteiger partial charge on any atom is 0.0685 e. The number of nitrogens with zero attached hydrogens (tertiary/aromatic N) is 3. The van der Waals surface area contributed by atoms with Gasteiger partial charge in [-0.05, 0) is 68.6 Å². The zero-order valence-electron chi connectivity index (χ0n) is 16.5. The summed E-state index contributed by atoms with van der Waals surface area (Å²) in [6.45, 7) is 6.51. The molecule has 4 heteroatoms. The number of aromatic nitrogens is 2. The van der Waals surface area contributed by atoms with Crippen LogP contribution in [0.2, 0.25) is 5.02 Å². The Morgan fingerprint density at radius 1 is 1.00 bits per heavy atom. The van der Waals surface area contributed by atoms with Gasteiger partial charge in [-0.1, -0.05) is 54.1 Å². The average Bonchev–Trinajstić information content (AvgIpc) is 3.18. The van der Waals surface area contributed by atoms with E-state index in [1.165, 1.54) is 35.4 Å². The Balaban J connectivity index is 1.38. The molecule has 3 aromatic rings. The van der Waals surface area contributed by atoms with Gasteiger partial charge in [-0.2, -0.15) is 5.10 Å². The smallest absolute Gasteiger partial charge is 0.0685 e. The van der Waals surface area contributed by atoms with Crippen molar-refractivity contribution in [2.75, 3.05) is 19.6 Å². The maximum atomic E-state index is 6.05. The fourth-order valence-electron chi connectivity index (χ4n) is 4.11. The minimum absolute atomic E-state index is 0.562. The first kappa shape index (κ1) is 19.2. The van der Waals surface area contributed by atoms with Gasteiger partial charge < -0.3 is 4.90 Å². The van der Waals surface area contributed by atoms with E-state index in [2.05, 4.69) is 65.0 Å². The summed E-state index contributed by atoms with van der Waals surface area (Å²) in [5, 5.41) is 5.71. The molecule has 0 atom stereocenters. The number of rotatable bonds is 6. The van der Waals surface area contributed by atoms with Crippen LogP contribution in [0.5, 0.6) is 0 Å². The lowest BCUT2D eigenvalue weighted by Gasteiger charge is -2.31. The van der Waals surface area contributed by atoms with Crippen molar-refractivity contribution in [2.24, 2.45) is 0 Å². The first-order valence-corrected chi connectivity index (χ1v) is 10.7. The van der Waals surface area contributed by atoms with Crippen LogP contribution in [0, 0.1) is 0 Å². The first-order valence-electron chi connectivity index (χ1n) is 10.3. The van der Waals surface area contributed by atoms with Crippen LogP contribution < -0.4 is 0 Å². The van der Waals surface area contributed by atoms with Crippen molar-refractivity contribution in [1.82, 2.24) is 14.7 Å². The highest BCUT2D eigenvalue weighted by Crippen LogP contribution is 2.31. The minimum atomic E-state index is 0.562. The molecule has 0 spiro atoms. The fourth-order valence-corrected chi connectivity index (χ4v) is 4.24. The lowest BCUT2D eigenvalue weighted by Crippen LogP contribution is -2.34. The van der Waals surface area contributed by atoms with Gasteiger partial charge in [0.2, 0.25) is 0 Å². The molecule has 1 saturated heterocycles. The van der Waals surface area contributed by atoms with Crippen molar-refractivity contribution in [3.8, 4) is 11.3 Å². The van der Waals surface area contributed by atoms with Crippen LogP contribution in [0.15, 0.2) is 60.7 Å². The van der Waals surface area contributed by atoms with Gasteiger partial charge in [0.25, 0.3) is 0 Å². The van der Waals surface area contributed by atoms with Crippen LogP contribution >= 0.6 is 11.6 Å². The third-order valence-corrected chi connectivity index (χ3v) is 6.06. The van der Waals surface area contributed by atoms with Crippen molar-refractivity contribution >= 4 is 11.6 Å². The lowest BCUT2D eigenvalue weighted by molar-refractivity contribution is 0.213. The Morgan fingerprint density at radius 2 is 1.71 bits per heavy atom. The van der Waals surface area contributed by atoms with Crippen molar-refractivity contribution in [2.45, 2.75) is 38.6 Å². The summed E-state index contributed by atoms with van der Waals surface area (Å²) < 4.78 is 2.13. The van der Waals surface area contributed by atoms with Crippen LogP contribution in [0.3, 0.4) is 0 Å². The Kier molecular flexibility index (Phi) is 6.13. The van der Waals surface area contributed by atoms with Gasteiger partial charge in [0.15, 0.2) is 0 Å². The summed E-state index contributed by atoms with van der Waals surface area (Å²) in [7, 11) is 0. The molecule has 1 aromatic heterocycles. The zero-order chi connectivity index (χ0) is 19.3. The van der Waals surface area contributed by atoms with E-state index in [1.807, 2.05) is 12.1 Å². The van der Waals surface area contributed by atoms with E-state index >= 15 is 0 Å². The standard InChI is InChI=1S/C24H28ClN3/c1-2-28-24(21-8-10-22(25)11-9-21)18-23(26-28)20-13-16-27(17-14-20)15-12-19-6-4-3-5-7-19/h3-11,18,20H,2,12-17H2,1H3. The van der Waals surface area contributed by atoms with E-state index in [1.54, 1.807) is 0 Å². The van der Waals surface area contributed by atoms with Gasteiger partial charge in [-0.15, -0.1) is 0 Å². The van der Waals surface area contributed by atoms with E-state index < -0.39 is 0 Å². The molecule has 3 nitrogen and oxygen atoms in total. The Hall–Kier alpha value is -2.10. The molecule has 1 aliphatic rings. The van der Waals surface area contributed by atoms with Gasteiger partial charge in [0.1, 0.15) is 0 Å². The molecular weight excluding hydrogens is 366 g/mol. The number of hydrogen-bond acceptors (Lipinski definition) is 2. The highest BCUT2D eigenvalue weighted by Gasteiger charge is 2.23. The topological polar surface area (TPSA) is 21.1 Å². The summed E-state index contributed by atoms with van der Waals surface area (Å²) in [6, 6.07) is 21.2. The second-order valence-electron chi connectivity index (χ2n) is 7.63. The second kappa shape index (κ2) is 8.93. The van der Waals surface area contributed by atoms with Crippen molar-refractivity contribution in [3.63, 3.8) is 0 Å². The number of benzene rings is 2. The molecule has 0 saturated carbocycles.